The van der Waals surface area contributed by atoms with Gasteiger partial charge in [0.15, 0.2) is 11.5 Å². The number of aryl methyl sites for hydroxylation is 1. The van der Waals surface area contributed by atoms with Crippen LogP contribution in [-0.2, 0) is 6.54 Å². The molecule has 0 aliphatic heterocycles. The number of hydrogen-bond acceptors (Lipinski definition) is 3. The average molecular weight is 260 g/mol. The largest absolute Gasteiger partial charge is 0.504 e. The van der Waals surface area contributed by atoms with Gasteiger partial charge in [0.2, 0.25) is 0 Å². The molecule has 3 nitrogen and oxygen atoms in total. The van der Waals surface area contributed by atoms with Crippen molar-refractivity contribution < 1.29 is 9.84 Å². The molecule has 0 unspecified atom stereocenters. The Labute approximate surface area is 92.2 Å². The first-order chi connectivity index (χ1) is 6.61. The molecule has 0 heterocycles. The average Bonchev–Trinajstić information content (AvgIpc) is 2.18. The molecule has 0 amide bonds. The summed E-state index contributed by atoms with van der Waals surface area (Å²) in [7, 11) is 3.38. The zero-order valence-corrected chi connectivity index (χ0v) is 10.1. The molecule has 1 aromatic rings. The normalized spacial score (nSPS) is 10.3. The second kappa shape index (κ2) is 4.66. The summed E-state index contributed by atoms with van der Waals surface area (Å²) >= 11 is 3.44. The maximum atomic E-state index is 9.83. The number of hydrogen-bond donors (Lipinski definition) is 2. The molecule has 0 bridgehead atoms. The van der Waals surface area contributed by atoms with Gasteiger partial charge in [0.25, 0.3) is 0 Å². The van der Waals surface area contributed by atoms with Crippen molar-refractivity contribution in [3.63, 3.8) is 0 Å². The lowest BCUT2D eigenvalue weighted by atomic mass is 10.1. The molecular weight excluding hydrogens is 246 g/mol. The predicted octanol–water partition coefficient (Wildman–Crippen LogP) is 2.19. The van der Waals surface area contributed by atoms with Crippen molar-refractivity contribution in [1.29, 1.82) is 0 Å². The lowest BCUT2D eigenvalue weighted by molar-refractivity contribution is 0.369. The second-order valence-electron chi connectivity index (χ2n) is 3.07. The highest BCUT2D eigenvalue weighted by molar-refractivity contribution is 9.10. The summed E-state index contributed by atoms with van der Waals surface area (Å²) in [6, 6.07) is 1.80. The number of nitrogens with one attached hydrogen (secondary N) is 1. The Kier molecular flexibility index (Phi) is 3.77. The van der Waals surface area contributed by atoms with Gasteiger partial charge >= 0.3 is 0 Å². The number of methoxy groups -OCH3 is 1. The molecular formula is C10H14BrNO2. The summed E-state index contributed by atoms with van der Waals surface area (Å²) < 4.78 is 5.99. The summed E-state index contributed by atoms with van der Waals surface area (Å²) in [6.45, 7) is 2.57. The molecule has 0 saturated carbocycles. The molecule has 0 aliphatic carbocycles. The van der Waals surface area contributed by atoms with Crippen molar-refractivity contribution in [1.82, 2.24) is 5.32 Å². The van der Waals surface area contributed by atoms with Gasteiger partial charge in [0.1, 0.15) is 0 Å². The number of aromatic hydroxyl groups is 1. The van der Waals surface area contributed by atoms with E-state index in [9.17, 15) is 5.11 Å². The fraction of sp³-hybridized carbons (Fsp3) is 0.400. The minimum atomic E-state index is 0.194. The van der Waals surface area contributed by atoms with E-state index < -0.39 is 0 Å². The zero-order valence-electron chi connectivity index (χ0n) is 8.52. The maximum absolute atomic E-state index is 9.83. The Bertz CT molecular complexity index is 339. The molecule has 0 fully saturated rings. The van der Waals surface area contributed by atoms with E-state index in [0.29, 0.717) is 12.3 Å². The highest BCUT2D eigenvalue weighted by Crippen LogP contribution is 2.37. The van der Waals surface area contributed by atoms with Crippen molar-refractivity contribution in [2.45, 2.75) is 13.5 Å². The van der Waals surface area contributed by atoms with Crippen LogP contribution in [0.3, 0.4) is 0 Å². The quantitative estimate of drug-likeness (QED) is 0.875. The minimum absolute atomic E-state index is 0.194. The molecule has 2 N–H and O–H groups in total. The number of ether oxygens (including phenoxy) is 1. The Morgan fingerprint density at radius 3 is 2.71 bits per heavy atom. The van der Waals surface area contributed by atoms with E-state index in [4.69, 9.17) is 4.74 Å². The van der Waals surface area contributed by atoms with Gasteiger partial charge < -0.3 is 15.2 Å². The summed E-state index contributed by atoms with van der Waals surface area (Å²) in [6.07, 6.45) is 0. The van der Waals surface area contributed by atoms with Crippen LogP contribution in [-0.4, -0.2) is 19.3 Å². The van der Waals surface area contributed by atoms with Crippen LogP contribution in [0.15, 0.2) is 10.5 Å². The number of phenols is 1. The van der Waals surface area contributed by atoms with Crippen molar-refractivity contribution >= 4 is 15.9 Å². The Morgan fingerprint density at radius 2 is 2.21 bits per heavy atom. The first-order valence-electron chi connectivity index (χ1n) is 4.31. The van der Waals surface area contributed by atoms with E-state index >= 15 is 0 Å². The first kappa shape index (κ1) is 11.3. The van der Waals surface area contributed by atoms with Gasteiger partial charge in [-0.05, 0) is 25.6 Å². The Morgan fingerprint density at radius 1 is 1.57 bits per heavy atom. The van der Waals surface area contributed by atoms with E-state index in [2.05, 4.69) is 21.2 Å². The van der Waals surface area contributed by atoms with Gasteiger partial charge in [-0.15, -0.1) is 0 Å². The van der Waals surface area contributed by atoms with E-state index in [1.807, 2.05) is 14.0 Å². The van der Waals surface area contributed by atoms with Gasteiger partial charge in [-0.25, -0.2) is 0 Å². The predicted molar refractivity (Wildman–Crippen MR) is 59.9 cm³/mol. The molecule has 78 valence electrons. The monoisotopic (exact) mass is 259 g/mol. The number of rotatable bonds is 3. The van der Waals surface area contributed by atoms with Crippen molar-refractivity contribution in [3.05, 3.63) is 21.7 Å². The lowest BCUT2D eigenvalue weighted by Gasteiger charge is -2.13. The zero-order chi connectivity index (χ0) is 10.7. The van der Waals surface area contributed by atoms with Gasteiger partial charge in [-0.3, -0.25) is 0 Å². The van der Waals surface area contributed by atoms with Crippen molar-refractivity contribution in [2.75, 3.05) is 14.2 Å². The standard InChI is InChI=1S/C10H14BrNO2/c1-6-4-8(14-3)10(13)7(5-12-2)9(6)11/h4,12-13H,5H2,1-3H3. The summed E-state index contributed by atoms with van der Waals surface area (Å²) in [5.41, 5.74) is 1.87. The third-order valence-corrected chi connectivity index (χ3v) is 3.16. The molecule has 0 aliphatic rings. The van der Waals surface area contributed by atoms with E-state index in [-0.39, 0.29) is 5.75 Å². The molecule has 1 rings (SSSR count). The van der Waals surface area contributed by atoms with E-state index in [0.717, 1.165) is 15.6 Å². The van der Waals surface area contributed by atoms with Gasteiger partial charge in [-0.1, -0.05) is 15.9 Å². The SMILES string of the molecule is CNCc1c(O)c(OC)cc(C)c1Br. The Hall–Kier alpha value is -0.740. The smallest absolute Gasteiger partial charge is 0.163 e. The molecule has 14 heavy (non-hydrogen) atoms. The topological polar surface area (TPSA) is 41.5 Å². The fourth-order valence-electron chi connectivity index (χ4n) is 1.31. The van der Waals surface area contributed by atoms with Gasteiger partial charge in [-0.2, -0.15) is 0 Å². The van der Waals surface area contributed by atoms with E-state index in [1.165, 1.54) is 0 Å². The molecule has 0 aromatic heterocycles. The second-order valence-corrected chi connectivity index (χ2v) is 3.86. The highest BCUT2D eigenvalue weighted by Gasteiger charge is 2.13. The lowest BCUT2D eigenvalue weighted by Crippen LogP contribution is -2.07. The maximum Gasteiger partial charge on any atom is 0.163 e. The van der Waals surface area contributed by atoms with Crippen LogP contribution in [0.2, 0.25) is 0 Å². The van der Waals surface area contributed by atoms with Crippen LogP contribution in [0.5, 0.6) is 11.5 Å². The van der Waals surface area contributed by atoms with Crippen LogP contribution in [0, 0.1) is 6.92 Å². The minimum Gasteiger partial charge on any atom is -0.504 e. The van der Waals surface area contributed by atoms with Crippen LogP contribution in [0.25, 0.3) is 0 Å². The molecule has 0 radical (unpaired) electrons. The number of halogens is 1. The van der Waals surface area contributed by atoms with Gasteiger partial charge in [0, 0.05) is 16.6 Å². The first-order valence-corrected chi connectivity index (χ1v) is 5.10. The number of benzene rings is 1. The molecule has 1 aromatic carbocycles. The fourth-order valence-corrected chi connectivity index (χ4v) is 1.76. The van der Waals surface area contributed by atoms with Crippen LogP contribution < -0.4 is 10.1 Å². The molecule has 0 atom stereocenters. The molecule has 0 saturated heterocycles. The summed E-state index contributed by atoms with van der Waals surface area (Å²) in [4.78, 5) is 0. The van der Waals surface area contributed by atoms with Crippen molar-refractivity contribution in [2.24, 2.45) is 0 Å². The van der Waals surface area contributed by atoms with Crippen LogP contribution in [0.4, 0.5) is 0 Å². The Balaban J connectivity index is 3.29. The molecule has 4 heteroatoms. The molecule has 0 spiro atoms. The third-order valence-electron chi connectivity index (χ3n) is 2.05. The van der Waals surface area contributed by atoms with Crippen LogP contribution in [0.1, 0.15) is 11.1 Å². The summed E-state index contributed by atoms with van der Waals surface area (Å²) in [5.74, 6) is 0.704. The number of phenolic OH excluding ortho intramolecular Hbond substituents is 1. The summed E-state index contributed by atoms with van der Waals surface area (Å²) in [5, 5.41) is 12.8. The van der Waals surface area contributed by atoms with E-state index in [1.54, 1.807) is 13.2 Å². The third kappa shape index (κ3) is 2.01. The highest BCUT2D eigenvalue weighted by atomic mass is 79.9. The van der Waals surface area contributed by atoms with Crippen molar-refractivity contribution in [3.8, 4) is 11.5 Å². The van der Waals surface area contributed by atoms with Gasteiger partial charge in [0.05, 0.1) is 7.11 Å². The van der Waals surface area contributed by atoms with Crippen LogP contribution >= 0.6 is 15.9 Å².